The van der Waals surface area contributed by atoms with Gasteiger partial charge in [0.05, 0.1) is 11.9 Å². The van der Waals surface area contributed by atoms with E-state index in [0.29, 0.717) is 12.1 Å². The molecule has 1 aromatic rings. The van der Waals surface area contributed by atoms with Gasteiger partial charge in [0.25, 0.3) is 0 Å². The highest BCUT2D eigenvalue weighted by molar-refractivity contribution is 5.45. The van der Waals surface area contributed by atoms with Crippen LogP contribution in [0.5, 0.6) is 0 Å². The molecular formula is C13H21N3. The predicted molar refractivity (Wildman–Crippen MR) is 67.8 cm³/mol. The van der Waals surface area contributed by atoms with E-state index in [2.05, 4.69) is 41.6 Å². The molecule has 0 aliphatic carbocycles. The Hall–Kier alpha value is -1.09. The highest BCUT2D eigenvalue weighted by Crippen LogP contribution is 2.21. The molecule has 0 bridgehead atoms. The molecule has 0 unspecified atom stereocenters. The van der Waals surface area contributed by atoms with Crippen LogP contribution in [0, 0.1) is 0 Å². The van der Waals surface area contributed by atoms with E-state index in [1.165, 1.54) is 5.69 Å². The second-order valence-electron chi connectivity index (χ2n) is 4.65. The van der Waals surface area contributed by atoms with E-state index in [9.17, 15) is 0 Å². The first-order valence-electron chi connectivity index (χ1n) is 6.13. The normalized spacial score (nSPS) is 27.1. The van der Waals surface area contributed by atoms with Crippen molar-refractivity contribution in [3.05, 3.63) is 24.5 Å². The molecule has 1 aliphatic heterocycles. The third-order valence-corrected chi connectivity index (χ3v) is 3.50. The lowest BCUT2D eigenvalue weighted by Gasteiger charge is -2.44. The van der Waals surface area contributed by atoms with Crippen LogP contribution < -0.4 is 4.90 Å². The zero-order valence-corrected chi connectivity index (χ0v) is 10.4. The summed E-state index contributed by atoms with van der Waals surface area (Å²) < 4.78 is 0. The van der Waals surface area contributed by atoms with E-state index in [1.54, 1.807) is 0 Å². The molecule has 0 aromatic carbocycles. The van der Waals surface area contributed by atoms with Crippen LogP contribution in [0.15, 0.2) is 24.5 Å². The Morgan fingerprint density at radius 3 is 2.75 bits per heavy atom. The van der Waals surface area contributed by atoms with Gasteiger partial charge in [0.1, 0.15) is 0 Å². The summed E-state index contributed by atoms with van der Waals surface area (Å²) in [5, 5.41) is 0. The lowest BCUT2D eigenvalue weighted by Crippen LogP contribution is -2.56. The molecule has 3 heteroatoms. The minimum atomic E-state index is 0.570. The smallest absolute Gasteiger partial charge is 0.0556 e. The summed E-state index contributed by atoms with van der Waals surface area (Å²) in [5.74, 6) is 0. The summed E-state index contributed by atoms with van der Waals surface area (Å²) >= 11 is 0. The Morgan fingerprint density at radius 2 is 2.12 bits per heavy atom. The Morgan fingerprint density at radius 1 is 1.31 bits per heavy atom. The Balaban J connectivity index is 2.13. The van der Waals surface area contributed by atoms with Crippen LogP contribution in [0.25, 0.3) is 0 Å². The molecule has 2 rings (SSSR count). The number of aromatic nitrogens is 1. The summed E-state index contributed by atoms with van der Waals surface area (Å²) in [4.78, 5) is 9.20. The van der Waals surface area contributed by atoms with E-state index in [-0.39, 0.29) is 0 Å². The third-order valence-electron chi connectivity index (χ3n) is 3.50. The van der Waals surface area contributed by atoms with E-state index in [4.69, 9.17) is 0 Å². The summed E-state index contributed by atoms with van der Waals surface area (Å²) in [6.45, 7) is 10.2. The van der Waals surface area contributed by atoms with Crippen LogP contribution in [0.4, 0.5) is 5.69 Å². The van der Waals surface area contributed by atoms with Crippen molar-refractivity contribution in [1.29, 1.82) is 0 Å². The minimum Gasteiger partial charge on any atom is -0.365 e. The minimum absolute atomic E-state index is 0.570. The number of hydrogen-bond donors (Lipinski definition) is 0. The largest absolute Gasteiger partial charge is 0.365 e. The maximum atomic E-state index is 4.20. The molecule has 3 nitrogen and oxygen atoms in total. The summed E-state index contributed by atoms with van der Waals surface area (Å²) in [7, 11) is 0. The topological polar surface area (TPSA) is 19.4 Å². The predicted octanol–water partition coefficient (Wildman–Crippen LogP) is 2.00. The van der Waals surface area contributed by atoms with Gasteiger partial charge in [-0.05, 0) is 32.5 Å². The lowest BCUT2D eigenvalue weighted by molar-refractivity contribution is 0.175. The number of anilines is 1. The molecule has 0 spiro atoms. The molecule has 88 valence electrons. The van der Waals surface area contributed by atoms with Crippen molar-refractivity contribution in [2.45, 2.75) is 32.9 Å². The van der Waals surface area contributed by atoms with E-state index < -0.39 is 0 Å². The highest BCUT2D eigenvalue weighted by Gasteiger charge is 2.27. The molecule has 0 amide bonds. The molecular weight excluding hydrogens is 198 g/mol. The van der Waals surface area contributed by atoms with Gasteiger partial charge in [-0.2, -0.15) is 0 Å². The maximum absolute atomic E-state index is 4.20. The van der Waals surface area contributed by atoms with Gasteiger partial charge in [-0.3, -0.25) is 9.88 Å². The van der Waals surface area contributed by atoms with Gasteiger partial charge < -0.3 is 4.90 Å². The molecule has 0 radical (unpaired) electrons. The van der Waals surface area contributed by atoms with Gasteiger partial charge in [0, 0.05) is 31.4 Å². The van der Waals surface area contributed by atoms with Crippen molar-refractivity contribution >= 4 is 5.69 Å². The number of rotatable bonds is 2. The van der Waals surface area contributed by atoms with Crippen molar-refractivity contribution < 1.29 is 0 Å². The zero-order valence-electron chi connectivity index (χ0n) is 10.4. The van der Waals surface area contributed by atoms with Crippen molar-refractivity contribution in [2.75, 3.05) is 24.5 Å². The van der Waals surface area contributed by atoms with E-state index in [0.717, 1.165) is 19.6 Å². The van der Waals surface area contributed by atoms with Gasteiger partial charge in [0.15, 0.2) is 0 Å². The van der Waals surface area contributed by atoms with Gasteiger partial charge in [-0.25, -0.2) is 0 Å². The van der Waals surface area contributed by atoms with Crippen LogP contribution >= 0.6 is 0 Å². The first kappa shape index (κ1) is 11.4. The fraction of sp³-hybridized carbons (Fsp3) is 0.615. The van der Waals surface area contributed by atoms with Crippen molar-refractivity contribution in [1.82, 2.24) is 9.88 Å². The van der Waals surface area contributed by atoms with Gasteiger partial charge in [-0.15, -0.1) is 0 Å². The average Bonchev–Trinajstić information content (AvgIpc) is 2.32. The van der Waals surface area contributed by atoms with Crippen LogP contribution in [0.2, 0.25) is 0 Å². The molecule has 1 saturated heterocycles. The standard InChI is InChI=1S/C13H21N3/c1-4-15-9-12(3)16(10-11(15)2)13-6-5-7-14-8-13/h5-8,11-12H,4,9-10H2,1-3H3/t11-,12+/m1/s1. The summed E-state index contributed by atoms with van der Waals surface area (Å²) in [6, 6.07) is 5.36. The number of likely N-dealkylation sites (N-methyl/N-ethyl adjacent to an activating group) is 1. The SMILES string of the molecule is CCN1C[C@H](C)N(c2cccnc2)C[C@H]1C. The number of hydrogen-bond acceptors (Lipinski definition) is 3. The Kier molecular flexibility index (Phi) is 3.44. The highest BCUT2D eigenvalue weighted by atomic mass is 15.3. The molecule has 0 N–H and O–H groups in total. The fourth-order valence-electron chi connectivity index (χ4n) is 2.52. The third kappa shape index (κ3) is 2.19. The number of pyridine rings is 1. The lowest BCUT2D eigenvalue weighted by atomic mass is 10.1. The molecule has 16 heavy (non-hydrogen) atoms. The second kappa shape index (κ2) is 4.83. The van der Waals surface area contributed by atoms with E-state index >= 15 is 0 Å². The van der Waals surface area contributed by atoms with Gasteiger partial charge in [0.2, 0.25) is 0 Å². The number of piperazine rings is 1. The molecule has 1 fully saturated rings. The van der Waals surface area contributed by atoms with Crippen LogP contribution in [-0.4, -0.2) is 41.6 Å². The molecule has 1 aromatic heterocycles. The second-order valence-corrected chi connectivity index (χ2v) is 4.65. The first-order chi connectivity index (χ1) is 7.72. The van der Waals surface area contributed by atoms with Crippen LogP contribution in [0.1, 0.15) is 20.8 Å². The van der Waals surface area contributed by atoms with Gasteiger partial charge >= 0.3 is 0 Å². The van der Waals surface area contributed by atoms with Crippen molar-refractivity contribution in [2.24, 2.45) is 0 Å². The Bertz CT molecular complexity index is 325. The van der Waals surface area contributed by atoms with Crippen molar-refractivity contribution in [3.63, 3.8) is 0 Å². The molecule has 2 atom stereocenters. The molecule has 0 saturated carbocycles. The molecule has 1 aliphatic rings. The van der Waals surface area contributed by atoms with Crippen LogP contribution in [-0.2, 0) is 0 Å². The summed E-state index contributed by atoms with van der Waals surface area (Å²) in [6.07, 6.45) is 3.80. The zero-order chi connectivity index (χ0) is 11.5. The quantitative estimate of drug-likeness (QED) is 0.758. The number of nitrogens with zero attached hydrogens (tertiary/aromatic N) is 3. The first-order valence-corrected chi connectivity index (χ1v) is 6.13. The average molecular weight is 219 g/mol. The Labute approximate surface area is 98.1 Å². The van der Waals surface area contributed by atoms with E-state index in [1.807, 2.05) is 18.5 Å². The fourth-order valence-corrected chi connectivity index (χ4v) is 2.52. The van der Waals surface area contributed by atoms with Crippen molar-refractivity contribution in [3.8, 4) is 0 Å². The van der Waals surface area contributed by atoms with Crippen LogP contribution in [0.3, 0.4) is 0 Å². The summed E-state index contributed by atoms with van der Waals surface area (Å²) in [5.41, 5.74) is 1.25. The maximum Gasteiger partial charge on any atom is 0.0556 e. The molecule has 2 heterocycles. The monoisotopic (exact) mass is 219 g/mol. The van der Waals surface area contributed by atoms with Gasteiger partial charge in [-0.1, -0.05) is 6.92 Å².